The minimum atomic E-state index is -2.99. The molecule has 9 heteroatoms. The summed E-state index contributed by atoms with van der Waals surface area (Å²) in [5.74, 6) is -1.56. The topological polar surface area (TPSA) is 84.4 Å². The molecule has 2 aromatic rings. The van der Waals surface area contributed by atoms with Gasteiger partial charge >= 0.3 is 5.92 Å². The van der Waals surface area contributed by atoms with Crippen LogP contribution in [0.25, 0.3) is 0 Å². The van der Waals surface area contributed by atoms with Crippen LogP contribution in [0, 0.1) is 18.8 Å². The van der Waals surface area contributed by atoms with Gasteiger partial charge < -0.3 is 19.3 Å². The number of carbonyl (C=O) groups excluding carboxylic acids is 1. The normalized spacial score (nSPS) is 29.8. The first-order chi connectivity index (χ1) is 15.7. The van der Waals surface area contributed by atoms with Gasteiger partial charge in [-0.3, -0.25) is 4.79 Å². The summed E-state index contributed by atoms with van der Waals surface area (Å²) in [4.78, 5) is 14.7. The molecule has 7 nitrogen and oxygen atoms in total. The third kappa shape index (κ3) is 4.83. The van der Waals surface area contributed by atoms with Gasteiger partial charge in [-0.05, 0) is 63.8 Å². The number of aryl methyl sites for hydroxylation is 1. The standard InChI is InChI=1S/C24H32F2N4O3/c1-15-9-19(32-28-15)10-22(31)27-18-5-3-16(4-6-18)7-8-30-13-17-12-24(17,14-30)20-11-21(33-29-20)23(2,25)26/h9,11,16-18H,3-8,10,12-14H2,1-2H3,(H,27,31)/t16?,17-,18?,24-/m0/s1. The largest absolute Gasteiger partial charge is 0.361 e. The number of likely N-dealkylation sites (tertiary alicyclic amines) is 1. The number of alkyl halides is 2. The molecule has 3 aliphatic rings. The van der Waals surface area contributed by atoms with Crippen molar-refractivity contribution < 1.29 is 22.6 Å². The first-order valence-corrected chi connectivity index (χ1v) is 12.0. The van der Waals surface area contributed by atoms with Crippen molar-refractivity contribution in [2.75, 3.05) is 19.6 Å². The van der Waals surface area contributed by atoms with E-state index in [1.807, 2.05) is 6.92 Å². The molecule has 3 heterocycles. The summed E-state index contributed by atoms with van der Waals surface area (Å²) in [6.45, 7) is 5.61. The fourth-order valence-corrected chi connectivity index (χ4v) is 5.77. The predicted molar refractivity (Wildman–Crippen MR) is 116 cm³/mol. The third-order valence-electron chi connectivity index (χ3n) is 7.75. The maximum absolute atomic E-state index is 13.5. The molecular weight excluding hydrogens is 430 g/mol. The highest BCUT2D eigenvalue weighted by Crippen LogP contribution is 2.59. The lowest BCUT2D eigenvalue weighted by molar-refractivity contribution is -0.121. The van der Waals surface area contributed by atoms with Crippen LogP contribution in [0.5, 0.6) is 0 Å². The number of nitrogens with zero attached hydrogens (tertiary/aromatic N) is 3. The van der Waals surface area contributed by atoms with E-state index in [4.69, 9.17) is 9.05 Å². The van der Waals surface area contributed by atoms with Crippen molar-refractivity contribution in [3.05, 3.63) is 35.0 Å². The van der Waals surface area contributed by atoms with Gasteiger partial charge in [0.2, 0.25) is 11.7 Å². The predicted octanol–water partition coefficient (Wildman–Crippen LogP) is 3.96. The van der Waals surface area contributed by atoms with Gasteiger partial charge in [0.1, 0.15) is 5.76 Å². The number of halogens is 2. The monoisotopic (exact) mass is 462 g/mol. The van der Waals surface area contributed by atoms with Gasteiger partial charge in [0.05, 0.1) is 17.8 Å². The Morgan fingerprint density at radius 2 is 2.03 bits per heavy atom. The SMILES string of the molecule is Cc1cc(CC(=O)NC2CCC(CCN3C[C@@H]4C[C@]4(c4cc(C(C)(F)F)on4)C3)CC2)on1. The number of piperidine rings is 1. The fourth-order valence-electron chi connectivity index (χ4n) is 5.77. The Morgan fingerprint density at radius 1 is 1.24 bits per heavy atom. The van der Waals surface area contributed by atoms with E-state index >= 15 is 0 Å². The summed E-state index contributed by atoms with van der Waals surface area (Å²) < 4.78 is 37.1. The molecule has 33 heavy (non-hydrogen) atoms. The molecule has 2 aromatic heterocycles. The minimum Gasteiger partial charge on any atom is -0.361 e. The van der Waals surface area contributed by atoms with E-state index in [1.54, 1.807) is 6.07 Å². The first kappa shape index (κ1) is 22.5. The Bertz CT molecular complexity index is 992. The molecule has 1 amide bonds. The summed E-state index contributed by atoms with van der Waals surface area (Å²) >= 11 is 0. The smallest absolute Gasteiger partial charge is 0.304 e. The van der Waals surface area contributed by atoms with E-state index in [9.17, 15) is 13.6 Å². The van der Waals surface area contributed by atoms with Crippen LogP contribution in [-0.4, -0.2) is 46.8 Å². The van der Waals surface area contributed by atoms with Gasteiger partial charge in [0, 0.05) is 43.6 Å². The van der Waals surface area contributed by atoms with Crippen LogP contribution in [0.4, 0.5) is 8.78 Å². The Morgan fingerprint density at radius 3 is 2.70 bits per heavy atom. The van der Waals surface area contributed by atoms with Crippen molar-refractivity contribution in [2.24, 2.45) is 11.8 Å². The molecular formula is C24H32F2N4O3. The zero-order valence-corrected chi connectivity index (χ0v) is 19.3. The summed E-state index contributed by atoms with van der Waals surface area (Å²) in [5, 5.41) is 11.0. The maximum Gasteiger partial charge on any atom is 0.304 e. The molecule has 5 rings (SSSR count). The zero-order chi connectivity index (χ0) is 23.2. The van der Waals surface area contributed by atoms with Gasteiger partial charge in [-0.15, -0.1) is 0 Å². The number of fused-ring (bicyclic) bond motifs is 1. The molecule has 0 aromatic carbocycles. The maximum atomic E-state index is 13.5. The molecule has 1 saturated heterocycles. The third-order valence-corrected chi connectivity index (χ3v) is 7.75. The van der Waals surface area contributed by atoms with Gasteiger partial charge in [-0.25, -0.2) is 0 Å². The van der Waals surface area contributed by atoms with E-state index in [1.165, 1.54) is 6.07 Å². The number of aromatic nitrogens is 2. The van der Waals surface area contributed by atoms with Crippen LogP contribution in [0.3, 0.4) is 0 Å². The number of rotatable bonds is 8. The van der Waals surface area contributed by atoms with Crippen molar-refractivity contribution in [1.29, 1.82) is 0 Å². The number of amides is 1. The molecule has 1 N–H and O–H groups in total. The molecule has 0 unspecified atom stereocenters. The van der Waals surface area contributed by atoms with E-state index in [2.05, 4.69) is 20.5 Å². The number of hydrogen-bond donors (Lipinski definition) is 1. The summed E-state index contributed by atoms with van der Waals surface area (Å²) in [6.07, 6.45) is 6.64. The van der Waals surface area contributed by atoms with Crippen molar-refractivity contribution in [3.8, 4) is 0 Å². The summed E-state index contributed by atoms with van der Waals surface area (Å²) in [7, 11) is 0. The lowest BCUT2D eigenvalue weighted by Gasteiger charge is -2.30. The highest BCUT2D eigenvalue weighted by Gasteiger charge is 2.62. The highest BCUT2D eigenvalue weighted by molar-refractivity contribution is 5.78. The number of hydrogen-bond acceptors (Lipinski definition) is 6. The quantitative estimate of drug-likeness (QED) is 0.639. The van der Waals surface area contributed by atoms with Crippen LogP contribution < -0.4 is 5.32 Å². The van der Waals surface area contributed by atoms with Crippen molar-refractivity contribution in [2.45, 2.75) is 76.2 Å². The second-order valence-electron chi connectivity index (χ2n) is 10.4. The average Bonchev–Trinajstić information content (AvgIpc) is 3.18. The molecule has 0 bridgehead atoms. The zero-order valence-electron chi connectivity index (χ0n) is 19.3. The Kier molecular flexibility index (Phi) is 5.79. The van der Waals surface area contributed by atoms with Crippen molar-refractivity contribution in [3.63, 3.8) is 0 Å². The second kappa shape index (κ2) is 8.49. The van der Waals surface area contributed by atoms with Gasteiger partial charge in [-0.1, -0.05) is 10.3 Å². The fraction of sp³-hybridized carbons (Fsp3) is 0.708. The second-order valence-corrected chi connectivity index (χ2v) is 10.4. The van der Waals surface area contributed by atoms with Crippen LogP contribution in [0.15, 0.2) is 21.2 Å². The van der Waals surface area contributed by atoms with Crippen molar-refractivity contribution >= 4 is 5.91 Å². The Labute approximate surface area is 192 Å². The van der Waals surface area contributed by atoms with Crippen molar-refractivity contribution in [1.82, 2.24) is 20.5 Å². The van der Waals surface area contributed by atoms with E-state index < -0.39 is 5.92 Å². The molecule has 2 aliphatic carbocycles. The number of carbonyl (C=O) groups is 1. The molecule has 180 valence electrons. The highest BCUT2D eigenvalue weighted by atomic mass is 19.3. The molecule has 2 atom stereocenters. The Balaban J connectivity index is 1.03. The van der Waals surface area contributed by atoms with Crippen LogP contribution >= 0.6 is 0 Å². The molecule has 3 fully saturated rings. The number of nitrogens with one attached hydrogen (secondary N) is 1. The first-order valence-electron chi connectivity index (χ1n) is 12.0. The lowest BCUT2D eigenvalue weighted by atomic mass is 9.84. The lowest BCUT2D eigenvalue weighted by Crippen LogP contribution is -2.39. The van der Waals surface area contributed by atoms with Gasteiger partial charge in [-0.2, -0.15) is 8.78 Å². The molecule has 0 radical (unpaired) electrons. The van der Waals surface area contributed by atoms with E-state index in [-0.39, 0.29) is 29.5 Å². The minimum absolute atomic E-state index is 0.00645. The summed E-state index contributed by atoms with van der Waals surface area (Å²) in [5.41, 5.74) is 1.40. The van der Waals surface area contributed by atoms with Gasteiger partial charge in [0.25, 0.3) is 0 Å². The van der Waals surface area contributed by atoms with E-state index in [0.717, 1.165) is 70.8 Å². The average molecular weight is 463 g/mol. The van der Waals surface area contributed by atoms with Gasteiger partial charge in [0.15, 0.2) is 0 Å². The van der Waals surface area contributed by atoms with E-state index in [0.29, 0.717) is 23.3 Å². The van der Waals surface area contributed by atoms with Crippen LogP contribution in [-0.2, 0) is 22.6 Å². The van der Waals surface area contributed by atoms with Crippen LogP contribution in [0.1, 0.15) is 68.4 Å². The Hall–Kier alpha value is -2.29. The molecule has 1 aliphatic heterocycles. The molecule has 2 saturated carbocycles. The summed E-state index contributed by atoms with van der Waals surface area (Å²) in [6, 6.07) is 3.49. The molecule has 0 spiro atoms. The van der Waals surface area contributed by atoms with Crippen LogP contribution in [0.2, 0.25) is 0 Å².